The van der Waals surface area contributed by atoms with Crippen LogP contribution in [-0.4, -0.2) is 116 Å². The second-order valence-corrected chi connectivity index (χ2v) is 26.2. The minimum absolute atomic E-state index is 0.0999. The number of benzene rings is 8. The van der Waals surface area contributed by atoms with Crippen molar-refractivity contribution in [2.75, 3.05) is 45.8 Å². The first kappa shape index (κ1) is 66.4. The van der Waals surface area contributed by atoms with E-state index in [0.717, 1.165) is 33.4 Å². The molecule has 3 saturated heterocycles. The van der Waals surface area contributed by atoms with Crippen LogP contribution in [0.15, 0.2) is 235 Å². The van der Waals surface area contributed by atoms with Gasteiger partial charge in [-0.25, -0.2) is 18.4 Å². The molecule has 22 heteroatoms. The van der Waals surface area contributed by atoms with E-state index >= 15 is 0 Å². The Bertz CT molecular complexity index is 4750. The topological polar surface area (TPSA) is 181 Å². The van der Waals surface area contributed by atoms with Crippen molar-refractivity contribution in [1.82, 2.24) is 45.0 Å². The summed E-state index contributed by atoms with van der Waals surface area (Å²) in [5.74, 6) is -0.834. The summed E-state index contributed by atoms with van der Waals surface area (Å²) in [6.07, 6.45) is 4.96. The average Bonchev–Trinajstić information content (AvgIpc) is 1.45. The largest absolute Gasteiger partial charge is 0.424 e. The summed E-state index contributed by atoms with van der Waals surface area (Å²) in [5, 5.41) is 7.69. The van der Waals surface area contributed by atoms with Gasteiger partial charge in [0, 0.05) is 116 Å². The highest BCUT2D eigenvalue weighted by molar-refractivity contribution is 6.31. The summed E-state index contributed by atoms with van der Waals surface area (Å²) in [4.78, 5) is 95.4. The van der Waals surface area contributed by atoms with Crippen LogP contribution < -0.4 is 15.4 Å². The molecule has 504 valence electrons. The number of fused-ring (bicyclic) bond motifs is 6. The highest BCUT2D eigenvalue weighted by Crippen LogP contribution is 2.49. The van der Waals surface area contributed by atoms with E-state index in [0.29, 0.717) is 127 Å². The van der Waals surface area contributed by atoms with Gasteiger partial charge in [-0.05, 0) is 148 Å². The van der Waals surface area contributed by atoms with Crippen molar-refractivity contribution in [1.29, 1.82) is 0 Å². The zero-order valence-electron chi connectivity index (χ0n) is 53.7. The standard InChI is InChI=1S/C27H20ClN3O4.C26H23ClFN3O2.C25H21ClFN3O2/c28-20-9-7-19(8-10-20)27-16-18-4-1-2-6-22(18)25(32)30(27)14-15-31(27)26(33)23-11-12-24(35-23)34-21-5-3-13-29-17-21;27-21-8-6-20(7-9-21)26-17-19-16-22(28)10-11-23(19)24(32)30(26)14-15-31(26)25(33)29-13-12-18-4-2-1-3-5-18;26-20-8-6-19(7-9-20)25-15-18-14-21(27)10-11-22(18)23(31)29(25)12-13-30(25)24(32)28-16-17-4-2-1-3-5-17/h1-13,17H,14-16H2;1-11,16H,12-15,17H2,(H,29,33);1-11,14H,12-13,15-16H2,(H,28,32). The Morgan fingerprint density at radius 1 is 0.470 bits per heavy atom. The highest BCUT2D eigenvalue weighted by Gasteiger charge is 2.59. The van der Waals surface area contributed by atoms with Crippen molar-refractivity contribution in [2.45, 2.75) is 49.2 Å². The molecule has 0 radical (unpaired) electrons. The van der Waals surface area contributed by atoms with Gasteiger partial charge in [0.1, 0.15) is 34.4 Å². The Kier molecular flexibility index (Phi) is 18.5. The number of ether oxygens (including phenoxy) is 1. The van der Waals surface area contributed by atoms with E-state index in [-0.39, 0.29) is 47.4 Å². The smallest absolute Gasteiger partial charge is 0.319 e. The second-order valence-electron chi connectivity index (χ2n) is 24.9. The minimum atomic E-state index is -1.05. The lowest BCUT2D eigenvalue weighted by Gasteiger charge is -2.47. The fourth-order valence-corrected chi connectivity index (χ4v) is 15.1. The van der Waals surface area contributed by atoms with Gasteiger partial charge in [-0.2, -0.15) is 0 Å². The molecule has 3 atom stereocenters. The molecule has 17 nitrogen and oxygen atoms in total. The Morgan fingerprint density at radius 3 is 1.43 bits per heavy atom. The monoisotopic (exact) mass is 1400 g/mol. The highest BCUT2D eigenvalue weighted by atomic mass is 35.5. The fraction of sp³-hybridized carbons (Fsp3) is 0.192. The number of aromatic nitrogens is 1. The van der Waals surface area contributed by atoms with Gasteiger partial charge in [0.15, 0.2) is 5.76 Å². The van der Waals surface area contributed by atoms with E-state index in [1.54, 1.807) is 102 Å². The molecule has 6 aliphatic heterocycles. The summed E-state index contributed by atoms with van der Waals surface area (Å²) in [6, 6.07) is 63.3. The fourth-order valence-electron chi connectivity index (χ4n) is 14.7. The van der Waals surface area contributed by atoms with Crippen LogP contribution in [0.4, 0.5) is 18.4 Å². The molecule has 6 aliphatic rings. The molecular formula is C78H64Cl3F2N9O8. The van der Waals surface area contributed by atoms with Crippen LogP contribution in [0.5, 0.6) is 11.7 Å². The van der Waals surface area contributed by atoms with Gasteiger partial charge in [0.2, 0.25) is 0 Å². The maximum atomic E-state index is 14.1. The first-order valence-electron chi connectivity index (χ1n) is 32.6. The molecule has 0 aliphatic carbocycles. The molecule has 100 heavy (non-hydrogen) atoms. The number of furan rings is 1. The quantitative estimate of drug-likeness (QED) is 0.127. The maximum absolute atomic E-state index is 14.1. The third-order valence-corrected chi connectivity index (χ3v) is 20.1. The Hall–Kier alpha value is -10.9. The summed E-state index contributed by atoms with van der Waals surface area (Å²) >= 11 is 18.4. The molecule has 8 amide bonds. The van der Waals surface area contributed by atoms with Crippen LogP contribution in [0.1, 0.15) is 86.1 Å². The van der Waals surface area contributed by atoms with Gasteiger partial charge in [-0.1, -0.05) is 150 Å². The van der Waals surface area contributed by atoms with Crippen molar-refractivity contribution < 1.29 is 46.7 Å². The van der Waals surface area contributed by atoms with Gasteiger partial charge in [0.25, 0.3) is 29.6 Å². The number of rotatable bonds is 11. The molecule has 3 unspecified atom stereocenters. The first-order chi connectivity index (χ1) is 48.5. The third-order valence-electron chi connectivity index (χ3n) is 19.3. The summed E-state index contributed by atoms with van der Waals surface area (Å²) in [6.45, 7) is 3.12. The second kappa shape index (κ2) is 27.8. The number of pyridine rings is 1. The number of hydrogen-bond acceptors (Lipinski definition) is 9. The average molecular weight is 1400 g/mol. The molecule has 10 aromatic rings. The molecule has 2 aromatic heterocycles. The summed E-state index contributed by atoms with van der Waals surface area (Å²) in [7, 11) is 0. The van der Waals surface area contributed by atoms with Crippen molar-refractivity contribution in [3.05, 3.63) is 324 Å². The Morgan fingerprint density at radius 2 is 0.920 bits per heavy atom. The third kappa shape index (κ3) is 12.4. The Balaban J connectivity index is 0.000000128. The number of nitrogens with zero attached hydrogens (tertiary/aromatic N) is 7. The van der Waals surface area contributed by atoms with Crippen molar-refractivity contribution in [3.8, 4) is 11.7 Å². The number of urea groups is 2. The molecule has 8 heterocycles. The number of nitrogens with one attached hydrogen (secondary N) is 2. The van der Waals surface area contributed by atoms with Gasteiger partial charge < -0.3 is 39.4 Å². The van der Waals surface area contributed by atoms with E-state index in [4.69, 9.17) is 44.0 Å². The van der Waals surface area contributed by atoms with E-state index in [9.17, 15) is 37.5 Å². The predicted octanol–water partition coefficient (Wildman–Crippen LogP) is 14.3. The van der Waals surface area contributed by atoms with Crippen LogP contribution in [0, 0.1) is 11.6 Å². The molecule has 0 bridgehead atoms. The molecule has 3 fully saturated rings. The van der Waals surface area contributed by atoms with Crippen molar-refractivity contribution >= 4 is 70.5 Å². The summed E-state index contributed by atoms with van der Waals surface area (Å²) in [5.41, 5.74) is 5.05. The van der Waals surface area contributed by atoms with E-state index < -0.39 is 28.6 Å². The number of carbonyl (C=O) groups excluding carboxylic acids is 6. The lowest BCUT2D eigenvalue weighted by atomic mass is 9.83. The SMILES string of the molecule is O=C(NCCc1ccccc1)N1CCN2C(=O)c3ccc(F)cc3CC12c1ccc(Cl)cc1.O=C(NCc1ccccc1)N1CCN2C(=O)c3ccc(F)cc3CC12c1ccc(Cl)cc1.O=C(c1ccc(Oc2cccnc2)o1)N1CCN2C(=O)c3ccccc3CC12c1ccc(Cl)cc1. The van der Waals surface area contributed by atoms with Gasteiger partial charge in [-0.15, -0.1) is 0 Å². The van der Waals surface area contributed by atoms with E-state index in [1.165, 1.54) is 36.4 Å². The van der Waals surface area contributed by atoms with Crippen LogP contribution in [0.25, 0.3) is 0 Å². The zero-order valence-corrected chi connectivity index (χ0v) is 56.0. The first-order valence-corrected chi connectivity index (χ1v) is 33.7. The normalized spacial score (nSPS) is 19.2. The minimum Gasteiger partial charge on any atom is -0.424 e. The maximum Gasteiger partial charge on any atom is 0.319 e. The van der Waals surface area contributed by atoms with Crippen LogP contribution >= 0.6 is 34.8 Å². The molecule has 0 saturated carbocycles. The zero-order chi connectivity index (χ0) is 69.3. The Labute approximate surface area is 590 Å². The number of amides is 8. The number of hydrogen-bond donors (Lipinski definition) is 2. The molecule has 16 rings (SSSR count). The van der Waals surface area contributed by atoms with Gasteiger partial charge in [0.05, 0.1) is 6.20 Å². The van der Waals surface area contributed by atoms with Crippen molar-refractivity contribution in [3.63, 3.8) is 0 Å². The van der Waals surface area contributed by atoms with E-state index in [1.807, 2.05) is 121 Å². The van der Waals surface area contributed by atoms with Gasteiger partial charge in [-0.3, -0.25) is 34.0 Å². The number of carbonyl (C=O) groups is 6. The van der Waals surface area contributed by atoms with Crippen LogP contribution in [0.2, 0.25) is 15.1 Å². The number of halogens is 5. The van der Waals surface area contributed by atoms with Gasteiger partial charge >= 0.3 is 12.1 Å². The van der Waals surface area contributed by atoms with Crippen LogP contribution in [-0.2, 0) is 49.2 Å². The lowest BCUT2D eigenvalue weighted by molar-refractivity contribution is 0.00587. The molecular weight excluding hydrogens is 1340 g/mol. The summed E-state index contributed by atoms with van der Waals surface area (Å²) < 4.78 is 39.6. The predicted molar refractivity (Wildman–Crippen MR) is 373 cm³/mol. The molecule has 8 aromatic carbocycles. The van der Waals surface area contributed by atoms with Crippen LogP contribution in [0.3, 0.4) is 0 Å². The van der Waals surface area contributed by atoms with Crippen molar-refractivity contribution in [2.24, 2.45) is 0 Å². The van der Waals surface area contributed by atoms with E-state index in [2.05, 4.69) is 15.6 Å². The molecule has 0 spiro atoms. The lowest BCUT2D eigenvalue weighted by Crippen LogP contribution is -2.60. The molecule has 2 N–H and O–H groups in total.